The number of hydrogen-bond donors (Lipinski definition) is 1. The van der Waals surface area contributed by atoms with E-state index in [9.17, 15) is 9.18 Å². The summed E-state index contributed by atoms with van der Waals surface area (Å²) in [5.41, 5.74) is 2.46. The predicted molar refractivity (Wildman–Crippen MR) is 126 cm³/mol. The molecule has 166 valence electrons. The van der Waals surface area contributed by atoms with Crippen molar-refractivity contribution in [1.82, 2.24) is 19.3 Å². The van der Waals surface area contributed by atoms with Gasteiger partial charge in [-0.15, -0.1) is 0 Å². The Kier molecular flexibility index (Phi) is 5.51. The molecular weight excluding hydrogens is 513 g/mol. The molecule has 5 aromatic rings. The van der Waals surface area contributed by atoms with Gasteiger partial charge in [-0.2, -0.15) is 9.78 Å². The smallest absolute Gasteiger partial charge is 0.292 e. The number of anilines is 1. The molecule has 10 heteroatoms. The van der Waals surface area contributed by atoms with Gasteiger partial charge >= 0.3 is 0 Å². The van der Waals surface area contributed by atoms with E-state index in [1.54, 1.807) is 37.3 Å². The molecule has 7 nitrogen and oxygen atoms in total. The topological polar surface area (TPSA) is 77.9 Å². The molecule has 0 saturated carbocycles. The third kappa shape index (κ3) is 4.05. The van der Waals surface area contributed by atoms with Crippen molar-refractivity contribution in [3.05, 3.63) is 93.2 Å². The SMILES string of the molecule is Cc1cc(NC(=O)c2ccc(Br)o2)n(-c2nc3ccccc3n2Cc2c(F)cccc2Cl)n1. The van der Waals surface area contributed by atoms with E-state index < -0.39 is 11.7 Å². The van der Waals surface area contributed by atoms with E-state index in [-0.39, 0.29) is 12.3 Å². The molecule has 0 atom stereocenters. The molecule has 33 heavy (non-hydrogen) atoms. The van der Waals surface area contributed by atoms with E-state index in [1.807, 2.05) is 28.8 Å². The second kappa shape index (κ2) is 8.49. The highest BCUT2D eigenvalue weighted by molar-refractivity contribution is 9.10. The number of carbonyl (C=O) groups excluding carboxylic acids is 1. The van der Waals surface area contributed by atoms with Crippen molar-refractivity contribution in [2.75, 3.05) is 5.32 Å². The molecule has 3 aromatic heterocycles. The van der Waals surface area contributed by atoms with Crippen LogP contribution in [-0.4, -0.2) is 25.2 Å². The van der Waals surface area contributed by atoms with Crippen LogP contribution in [0.15, 0.2) is 69.8 Å². The van der Waals surface area contributed by atoms with Crippen LogP contribution < -0.4 is 5.32 Å². The Balaban J connectivity index is 1.62. The van der Waals surface area contributed by atoms with Crippen molar-refractivity contribution >= 4 is 50.3 Å². The van der Waals surface area contributed by atoms with Gasteiger partial charge in [0.15, 0.2) is 10.4 Å². The summed E-state index contributed by atoms with van der Waals surface area (Å²) in [4.78, 5) is 17.4. The van der Waals surface area contributed by atoms with Gasteiger partial charge in [-0.1, -0.05) is 29.8 Å². The van der Waals surface area contributed by atoms with E-state index in [0.29, 0.717) is 38.2 Å². The quantitative estimate of drug-likeness (QED) is 0.304. The average Bonchev–Trinajstić information content (AvgIpc) is 3.47. The van der Waals surface area contributed by atoms with Crippen LogP contribution in [0.5, 0.6) is 0 Å². The third-order valence-electron chi connectivity index (χ3n) is 5.07. The van der Waals surface area contributed by atoms with Crippen LogP contribution in [0.3, 0.4) is 0 Å². The van der Waals surface area contributed by atoms with Crippen molar-refractivity contribution in [1.29, 1.82) is 0 Å². The zero-order valence-corrected chi connectivity index (χ0v) is 19.6. The summed E-state index contributed by atoms with van der Waals surface area (Å²) in [5, 5.41) is 7.65. The summed E-state index contributed by atoms with van der Waals surface area (Å²) >= 11 is 9.50. The molecule has 1 N–H and O–H groups in total. The van der Waals surface area contributed by atoms with Gasteiger partial charge in [-0.05, 0) is 59.3 Å². The molecule has 0 bridgehead atoms. The number of imidazole rings is 1. The molecule has 0 radical (unpaired) electrons. The summed E-state index contributed by atoms with van der Waals surface area (Å²) in [7, 11) is 0. The fourth-order valence-corrected chi connectivity index (χ4v) is 4.11. The first kappa shape index (κ1) is 21.4. The first-order valence-electron chi connectivity index (χ1n) is 9.92. The number of aromatic nitrogens is 4. The standard InChI is InChI=1S/C23H16BrClFN5O2/c1-13-11-21(28-22(32)19-9-10-20(24)33-19)31(29-13)23-27-17-7-2-3-8-18(17)30(23)12-14-15(25)5-4-6-16(14)26/h2-11H,12H2,1H3,(H,28,32). The zero-order valence-electron chi connectivity index (χ0n) is 17.2. The summed E-state index contributed by atoms with van der Waals surface area (Å²) in [6, 6.07) is 17.0. The first-order chi connectivity index (χ1) is 15.9. The Hall–Kier alpha value is -3.43. The van der Waals surface area contributed by atoms with Crippen molar-refractivity contribution in [3.63, 3.8) is 0 Å². The molecule has 5 rings (SSSR count). The molecule has 0 spiro atoms. The van der Waals surface area contributed by atoms with Crippen LogP contribution in [0.1, 0.15) is 21.8 Å². The number of hydrogen-bond acceptors (Lipinski definition) is 4. The normalized spacial score (nSPS) is 11.3. The average molecular weight is 529 g/mol. The van der Waals surface area contributed by atoms with Crippen LogP contribution in [0, 0.1) is 12.7 Å². The van der Waals surface area contributed by atoms with Crippen molar-refractivity contribution in [3.8, 4) is 5.95 Å². The number of nitrogens with one attached hydrogen (secondary N) is 1. The van der Waals surface area contributed by atoms with Gasteiger partial charge in [-0.3, -0.25) is 4.79 Å². The van der Waals surface area contributed by atoms with Gasteiger partial charge in [0.25, 0.3) is 5.91 Å². The van der Waals surface area contributed by atoms with Gasteiger partial charge in [0.2, 0.25) is 5.95 Å². The summed E-state index contributed by atoms with van der Waals surface area (Å²) in [6.07, 6.45) is 0. The fraction of sp³-hybridized carbons (Fsp3) is 0.0870. The molecule has 0 unspecified atom stereocenters. The molecule has 0 saturated heterocycles. The number of nitrogens with zero attached hydrogens (tertiary/aromatic N) is 4. The molecule has 3 heterocycles. The molecule has 0 aliphatic rings. The molecule has 0 aliphatic heterocycles. The van der Waals surface area contributed by atoms with E-state index >= 15 is 0 Å². The van der Waals surface area contributed by atoms with Gasteiger partial charge < -0.3 is 14.3 Å². The Morgan fingerprint density at radius 2 is 2.00 bits per heavy atom. The Labute approximate surface area is 200 Å². The fourth-order valence-electron chi connectivity index (χ4n) is 3.58. The Morgan fingerprint density at radius 3 is 2.76 bits per heavy atom. The third-order valence-corrected chi connectivity index (χ3v) is 5.85. The van der Waals surface area contributed by atoms with Crippen LogP contribution >= 0.6 is 27.5 Å². The summed E-state index contributed by atoms with van der Waals surface area (Å²) in [6.45, 7) is 1.93. The van der Waals surface area contributed by atoms with Crippen molar-refractivity contribution in [2.24, 2.45) is 0 Å². The van der Waals surface area contributed by atoms with Crippen LogP contribution in [0.2, 0.25) is 5.02 Å². The number of rotatable bonds is 5. The van der Waals surface area contributed by atoms with Crippen LogP contribution in [-0.2, 0) is 6.54 Å². The number of amides is 1. The molecule has 0 fully saturated rings. The van der Waals surface area contributed by atoms with E-state index in [0.717, 1.165) is 5.52 Å². The number of para-hydroxylation sites is 2. The molecule has 1 amide bonds. The first-order valence-corrected chi connectivity index (χ1v) is 11.1. The number of aryl methyl sites for hydroxylation is 1. The van der Waals surface area contributed by atoms with Gasteiger partial charge in [0.05, 0.1) is 23.3 Å². The number of furan rings is 1. The molecular formula is C23H16BrClFN5O2. The molecule has 0 aliphatic carbocycles. The van der Waals surface area contributed by atoms with Crippen LogP contribution in [0.4, 0.5) is 10.2 Å². The van der Waals surface area contributed by atoms with Crippen molar-refractivity contribution < 1.29 is 13.6 Å². The lowest BCUT2D eigenvalue weighted by Crippen LogP contribution is -2.17. The van der Waals surface area contributed by atoms with Gasteiger partial charge in [0, 0.05) is 16.7 Å². The van der Waals surface area contributed by atoms with Crippen LogP contribution in [0.25, 0.3) is 17.0 Å². The number of fused-ring (bicyclic) bond motifs is 1. The zero-order chi connectivity index (χ0) is 23.1. The Morgan fingerprint density at radius 1 is 1.18 bits per heavy atom. The highest BCUT2D eigenvalue weighted by atomic mass is 79.9. The largest absolute Gasteiger partial charge is 0.444 e. The van der Waals surface area contributed by atoms with Crippen molar-refractivity contribution in [2.45, 2.75) is 13.5 Å². The maximum absolute atomic E-state index is 14.6. The lowest BCUT2D eigenvalue weighted by molar-refractivity contribution is 0.0994. The summed E-state index contributed by atoms with van der Waals surface area (Å²) in [5.74, 6) is 0.0705. The number of benzene rings is 2. The maximum atomic E-state index is 14.6. The lowest BCUT2D eigenvalue weighted by Gasteiger charge is -2.13. The van der Waals surface area contributed by atoms with Gasteiger partial charge in [-0.25, -0.2) is 9.37 Å². The second-order valence-electron chi connectivity index (χ2n) is 7.33. The highest BCUT2D eigenvalue weighted by Gasteiger charge is 2.21. The predicted octanol–water partition coefficient (Wildman–Crippen LogP) is 5.98. The maximum Gasteiger partial charge on any atom is 0.292 e. The van der Waals surface area contributed by atoms with Gasteiger partial charge in [0.1, 0.15) is 11.6 Å². The Bertz CT molecular complexity index is 1490. The minimum atomic E-state index is -0.443. The number of carbonyl (C=O) groups is 1. The summed E-state index contributed by atoms with van der Waals surface area (Å²) < 4.78 is 23.7. The number of halogens is 3. The lowest BCUT2D eigenvalue weighted by atomic mass is 10.2. The second-order valence-corrected chi connectivity index (χ2v) is 8.52. The minimum absolute atomic E-state index is 0.124. The van der Waals surface area contributed by atoms with E-state index in [4.69, 9.17) is 21.0 Å². The molecule has 2 aromatic carbocycles. The monoisotopic (exact) mass is 527 g/mol. The minimum Gasteiger partial charge on any atom is -0.444 e. The highest BCUT2D eigenvalue weighted by Crippen LogP contribution is 2.27. The van der Waals surface area contributed by atoms with E-state index in [1.165, 1.54) is 10.7 Å². The van der Waals surface area contributed by atoms with E-state index in [2.05, 4.69) is 26.3 Å².